The molecule has 198 valence electrons. The van der Waals surface area contributed by atoms with Crippen molar-refractivity contribution in [2.24, 2.45) is 0 Å². The molecule has 1 atom stereocenters. The number of thiazole rings is 1. The Balaban J connectivity index is 1.11. The molecule has 1 saturated heterocycles. The van der Waals surface area contributed by atoms with Crippen LogP contribution in [0, 0.1) is 6.92 Å². The number of hydrogen-bond donors (Lipinski definition) is 1. The van der Waals surface area contributed by atoms with Crippen molar-refractivity contribution in [2.45, 2.75) is 23.5 Å². The number of imide groups is 1. The average Bonchev–Trinajstić information content (AvgIpc) is 3.49. The molecule has 6 rings (SSSR count). The molecule has 6 nitrogen and oxygen atoms in total. The van der Waals surface area contributed by atoms with Crippen molar-refractivity contribution in [3.05, 3.63) is 107 Å². The number of halogens is 1. The smallest absolute Gasteiger partial charge is 0.255 e. The van der Waals surface area contributed by atoms with E-state index in [4.69, 9.17) is 16.6 Å². The zero-order valence-corrected chi connectivity index (χ0v) is 23.6. The third-order valence-corrected chi connectivity index (χ3v) is 9.03. The summed E-state index contributed by atoms with van der Waals surface area (Å²) in [6.07, 6.45) is 0.123. The predicted octanol–water partition coefficient (Wildman–Crippen LogP) is 7.60. The van der Waals surface area contributed by atoms with Crippen LogP contribution in [0.1, 0.15) is 22.3 Å². The molecular formula is C31H22ClN3O3S2. The maximum Gasteiger partial charge on any atom is 0.255 e. The van der Waals surface area contributed by atoms with Crippen molar-refractivity contribution in [3.63, 3.8) is 0 Å². The lowest BCUT2D eigenvalue weighted by atomic mass is 10.2. The fourth-order valence-electron chi connectivity index (χ4n) is 4.46. The molecule has 0 bridgehead atoms. The van der Waals surface area contributed by atoms with Gasteiger partial charge in [-0.25, -0.2) is 9.88 Å². The van der Waals surface area contributed by atoms with Gasteiger partial charge in [-0.1, -0.05) is 17.7 Å². The van der Waals surface area contributed by atoms with Crippen LogP contribution in [0.4, 0.5) is 11.4 Å². The molecule has 1 N–H and O–H groups in total. The van der Waals surface area contributed by atoms with Gasteiger partial charge in [0.25, 0.3) is 5.91 Å². The monoisotopic (exact) mass is 583 g/mol. The minimum Gasteiger partial charge on any atom is -0.322 e. The number of carbonyl (C=O) groups excluding carboxylic acids is 3. The molecule has 1 fully saturated rings. The standard InChI is InChI=1S/C31H22ClN3O3S2/c1-18-2-15-25-26(16-18)40-30(34-25)20-5-11-23(12-6-20)35-28(36)17-27(31(35)38)39-24-13-9-22(10-14-24)33-29(37)19-3-7-21(32)8-4-19/h2-16,27H,17H2,1H3,(H,33,37)/t27-/m1/s1. The van der Waals surface area contributed by atoms with E-state index in [2.05, 4.69) is 18.3 Å². The Morgan fingerprint density at radius 1 is 0.975 bits per heavy atom. The van der Waals surface area contributed by atoms with E-state index in [0.29, 0.717) is 22.0 Å². The van der Waals surface area contributed by atoms with Crippen molar-refractivity contribution in [1.29, 1.82) is 0 Å². The van der Waals surface area contributed by atoms with Crippen molar-refractivity contribution in [3.8, 4) is 10.6 Å². The summed E-state index contributed by atoms with van der Waals surface area (Å²) in [7, 11) is 0. The fraction of sp³-hybridized carbons (Fsp3) is 0.0968. The number of benzene rings is 4. The van der Waals surface area contributed by atoms with Gasteiger partial charge in [0.1, 0.15) is 5.01 Å². The number of anilines is 2. The predicted molar refractivity (Wildman–Crippen MR) is 162 cm³/mol. The maximum atomic E-state index is 13.2. The SMILES string of the molecule is Cc1ccc2nc(-c3ccc(N4C(=O)C[C@@H](Sc5ccc(NC(=O)c6ccc(Cl)cc6)cc5)C4=O)cc3)sc2c1. The Morgan fingerprint density at radius 3 is 2.42 bits per heavy atom. The Labute approximate surface area is 244 Å². The lowest BCUT2D eigenvalue weighted by Crippen LogP contribution is -2.31. The third-order valence-electron chi connectivity index (χ3n) is 6.52. The highest BCUT2D eigenvalue weighted by Gasteiger charge is 2.40. The lowest BCUT2D eigenvalue weighted by molar-refractivity contribution is -0.121. The van der Waals surface area contributed by atoms with Gasteiger partial charge in [0.2, 0.25) is 11.8 Å². The van der Waals surface area contributed by atoms with Crippen molar-refractivity contribution in [1.82, 2.24) is 4.98 Å². The number of nitrogens with zero attached hydrogens (tertiary/aromatic N) is 2. The number of hydrogen-bond acceptors (Lipinski definition) is 6. The Hall–Kier alpha value is -3.98. The topological polar surface area (TPSA) is 79.4 Å². The zero-order valence-electron chi connectivity index (χ0n) is 21.3. The Kier molecular flexibility index (Phi) is 7.14. The maximum absolute atomic E-state index is 13.2. The number of amides is 3. The van der Waals surface area contributed by atoms with Gasteiger partial charge in [-0.05, 0) is 97.4 Å². The number of carbonyl (C=O) groups is 3. The fourth-order valence-corrected chi connectivity index (χ4v) is 6.71. The quantitative estimate of drug-likeness (QED) is 0.208. The van der Waals surface area contributed by atoms with Gasteiger partial charge in [-0.15, -0.1) is 23.1 Å². The number of rotatable bonds is 6. The molecule has 4 aromatic carbocycles. The number of aromatic nitrogens is 1. The minimum atomic E-state index is -0.519. The first-order chi connectivity index (χ1) is 19.3. The number of thioether (sulfide) groups is 1. The van der Waals surface area contributed by atoms with E-state index in [0.717, 1.165) is 25.7 Å². The van der Waals surface area contributed by atoms with E-state index in [1.165, 1.54) is 22.2 Å². The van der Waals surface area contributed by atoms with E-state index in [9.17, 15) is 14.4 Å². The van der Waals surface area contributed by atoms with Crippen LogP contribution in [0.5, 0.6) is 0 Å². The summed E-state index contributed by atoms with van der Waals surface area (Å²) in [5, 5.41) is 3.78. The third kappa shape index (κ3) is 5.38. The molecule has 0 spiro atoms. The molecule has 2 heterocycles. The van der Waals surface area contributed by atoms with Gasteiger partial charge in [0.05, 0.1) is 21.2 Å². The van der Waals surface area contributed by atoms with Crippen LogP contribution in [-0.4, -0.2) is 28.0 Å². The second-order valence-corrected chi connectivity index (χ2v) is 12.1. The normalized spacial score (nSPS) is 15.2. The molecule has 0 saturated carbocycles. The van der Waals surface area contributed by atoms with Crippen LogP contribution in [0.25, 0.3) is 20.8 Å². The molecule has 0 radical (unpaired) electrons. The second kappa shape index (κ2) is 10.9. The van der Waals surface area contributed by atoms with Crippen LogP contribution in [-0.2, 0) is 9.59 Å². The first-order valence-corrected chi connectivity index (χ1v) is 14.6. The summed E-state index contributed by atoms with van der Waals surface area (Å²) in [5.74, 6) is -0.704. The highest BCUT2D eigenvalue weighted by Crippen LogP contribution is 2.36. The Morgan fingerprint density at radius 2 is 1.70 bits per heavy atom. The van der Waals surface area contributed by atoms with Gasteiger partial charge in [-0.2, -0.15) is 0 Å². The van der Waals surface area contributed by atoms with Crippen molar-refractivity contribution >= 4 is 74.0 Å². The van der Waals surface area contributed by atoms with Crippen LogP contribution in [0.15, 0.2) is 95.9 Å². The Bertz CT molecular complexity index is 1750. The summed E-state index contributed by atoms with van der Waals surface area (Å²) in [6, 6.07) is 27.4. The van der Waals surface area contributed by atoms with Crippen LogP contribution in [0.2, 0.25) is 5.02 Å². The first-order valence-electron chi connectivity index (χ1n) is 12.5. The van der Waals surface area contributed by atoms with Crippen molar-refractivity contribution < 1.29 is 14.4 Å². The highest BCUT2D eigenvalue weighted by molar-refractivity contribution is 8.00. The van der Waals surface area contributed by atoms with Gasteiger partial charge >= 0.3 is 0 Å². The summed E-state index contributed by atoms with van der Waals surface area (Å²) in [6.45, 7) is 2.06. The zero-order chi connectivity index (χ0) is 27.8. The molecule has 1 aliphatic heterocycles. The number of aryl methyl sites for hydroxylation is 1. The lowest BCUT2D eigenvalue weighted by Gasteiger charge is -2.15. The summed E-state index contributed by atoms with van der Waals surface area (Å²) in [5.41, 5.74) is 4.77. The van der Waals surface area contributed by atoms with E-state index < -0.39 is 5.25 Å². The molecule has 1 aliphatic rings. The molecule has 0 aliphatic carbocycles. The van der Waals surface area contributed by atoms with Crippen LogP contribution < -0.4 is 10.2 Å². The van der Waals surface area contributed by atoms with Crippen LogP contribution >= 0.6 is 34.7 Å². The van der Waals surface area contributed by atoms with Gasteiger partial charge in [-0.3, -0.25) is 14.4 Å². The van der Waals surface area contributed by atoms with Gasteiger partial charge in [0.15, 0.2) is 0 Å². The first kappa shape index (κ1) is 26.3. The van der Waals surface area contributed by atoms with Gasteiger partial charge in [0, 0.05) is 33.2 Å². The van der Waals surface area contributed by atoms with Crippen molar-refractivity contribution in [2.75, 3.05) is 10.2 Å². The summed E-state index contributed by atoms with van der Waals surface area (Å²) in [4.78, 5) is 45.3. The van der Waals surface area contributed by atoms with E-state index in [1.807, 2.05) is 36.4 Å². The van der Waals surface area contributed by atoms with E-state index in [-0.39, 0.29) is 24.1 Å². The molecule has 0 unspecified atom stereocenters. The average molecular weight is 584 g/mol. The largest absolute Gasteiger partial charge is 0.322 e. The molecule has 3 amide bonds. The number of fused-ring (bicyclic) bond motifs is 1. The molecule has 9 heteroatoms. The molecule has 1 aromatic heterocycles. The summed E-state index contributed by atoms with van der Waals surface area (Å²) >= 11 is 8.85. The molecule has 40 heavy (non-hydrogen) atoms. The van der Waals surface area contributed by atoms with Gasteiger partial charge < -0.3 is 5.32 Å². The number of nitrogens with one attached hydrogen (secondary N) is 1. The summed E-state index contributed by atoms with van der Waals surface area (Å²) < 4.78 is 1.13. The van der Waals surface area contributed by atoms with E-state index >= 15 is 0 Å². The van der Waals surface area contributed by atoms with Crippen LogP contribution in [0.3, 0.4) is 0 Å². The molecular weight excluding hydrogens is 562 g/mol. The second-order valence-electron chi connectivity index (χ2n) is 9.40. The minimum absolute atomic E-state index is 0.123. The van der Waals surface area contributed by atoms with E-state index in [1.54, 1.807) is 59.9 Å². The molecule has 5 aromatic rings. The highest BCUT2D eigenvalue weighted by atomic mass is 35.5.